The number of H-pyrrole nitrogens is 2. The number of carbonyl (C=O) groups excluding carboxylic acids is 4. The number of methoxy groups -OCH3 is 1. The first-order valence-electron chi connectivity index (χ1n) is 20.8. The number of amides is 4. The van der Waals surface area contributed by atoms with Crippen LogP contribution < -0.4 is 10.6 Å². The quantitative estimate of drug-likeness (QED) is 0.123. The van der Waals surface area contributed by atoms with E-state index in [9.17, 15) is 19.2 Å². The van der Waals surface area contributed by atoms with Gasteiger partial charge in [0.1, 0.15) is 23.7 Å². The van der Waals surface area contributed by atoms with Crippen LogP contribution in [0.25, 0.3) is 22.3 Å². The third kappa shape index (κ3) is 7.96. The van der Waals surface area contributed by atoms with Crippen molar-refractivity contribution >= 4 is 34.8 Å². The lowest BCUT2D eigenvalue weighted by Gasteiger charge is -2.28. The Hall–Kier alpha value is -7.20. The minimum absolute atomic E-state index is 0.134. The van der Waals surface area contributed by atoms with Gasteiger partial charge >= 0.3 is 6.09 Å². The van der Waals surface area contributed by atoms with Gasteiger partial charge in [-0.3, -0.25) is 14.4 Å². The van der Waals surface area contributed by atoms with E-state index in [0.717, 1.165) is 89.0 Å². The Morgan fingerprint density at radius 1 is 0.721 bits per heavy atom. The Labute approximate surface area is 353 Å². The normalized spacial score (nSPS) is 17.7. The van der Waals surface area contributed by atoms with E-state index >= 15 is 0 Å². The van der Waals surface area contributed by atoms with Crippen molar-refractivity contribution in [3.63, 3.8) is 0 Å². The number of likely N-dealkylation sites (tertiary alicyclic amines) is 2. The Morgan fingerprint density at radius 2 is 1.31 bits per heavy atom. The van der Waals surface area contributed by atoms with Crippen LogP contribution in [0.15, 0.2) is 97.1 Å². The highest BCUT2D eigenvalue weighted by Crippen LogP contribution is 2.39. The summed E-state index contributed by atoms with van der Waals surface area (Å²) in [5.74, 6) is 7.55. The summed E-state index contributed by atoms with van der Waals surface area (Å²) >= 11 is 0. The van der Waals surface area contributed by atoms with E-state index in [1.165, 1.54) is 19.6 Å². The number of alkyl carbamates (subject to hydrolysis) is 1. The Kier molecular flexibility index (Phi) is 10.8. The molecule has 4 heterocycles. The van der Waals surface area contributed by atoms with Crippen LogP contribution in [-0.4, -0.2) is 73.7 Å². The van der Waals surface area contributed by atoms with Gasteiger partial charge in [-0.15, -0.1) is 0 Å². The van der Waals surface area contributed by atoms with E-state index in [-0.39, 0.29) is 29.8 Å². The molecule has 13 heteroatoms. The fourth-order valence-corrected chi connectivity index (χ4v) is 8.98. The maximum atomic E-state index is 14.0. The summed E-state index contributed by atoms with van der Waals surface area (Å²) in [4.78, 5) is 73.0. The molecule has 0 spiro atoms. The van der Waals surface area contributed by atoms with Gasteiger partial charge in [0, 0.05) is 42.4 Å². The maximum Gasteiger partial charge on any atom is 0.407 e. The van der Waals surface area contributed by atoms with Crippen molar-refractivity contribution in [3.8, 4) is 23.1 Å². The van der Waals surface area contributed by atoms with E-state index in [1.807, 2.05) is 89.8 Å². The van der Waals surface area contributed by atoms with Crippen molar-refractivity contribution in [2.24, 2.45) is 0 Å². The van der Waals surface area contributed by atoms with Crippen LogP contribution in [0.5, 0.6) is 0 Å². The number of benzene rings is 4. The number of hydrogen-bond acceptors (Lipinski definition) is 7. The standard InChI is InChI=1S/C48H46N8O5/c1-29(57)49-41(32-11-5-3-6-12-32)46(58)56-26-10-16-40(56)45-51-37-24-21-34-27-30(19-22-35(34)43(37)53-45)17-18-31-20-23-36-38(28-31)52-44(50-36)39-15-9-25-55(39)47(59)42(54-48(60)61-2)33-13-7-4-8-14-33/h3-8,11-14,19-20,22-23,27-28,39-42H,9-10,15-16,21,24-26H2,1-2H3,(H,49,57)(H,50,52)(H,51,53)(H,54,60)/t39-,40-,41-,42-/m0/s1. The monoisotopic (exact) mass is 814 g/mol. The number of nitrogens with one attached hydrogen (secondary N) is 4. The Bertz CT molecular complexity index is 2700. The number of imidazole rings is 2. The minimum Gasteiger partial charge on any atom is -0.453 e. The van der Waals surface area contributed by atoms with Crippen molar-refractivity contribution in [1.29, 1.82) is 0 Å². The summed E-state index contributed by atoms with van der Waals surface area (Å²) in [5, 5.41) is 5.59. The lowest BCUT2D eigenvalue weighted by molar-refractivity contribution is -0.137. The number of aromatic amines is 2. The molecule has 1 aliphatic carbocycles. The highest BCUT2D eigenvalue weighted by atomic mass is 16.5. The molecule has 2 aliphatic heterocycles. The van der Waals surface area contributed by atoms with Crippen LogP contribution in [0.1, 0.15) is 102 Å². The van der Waals surface area contributed by atoms with Crippen LogP contribution in [0.4, 0.5) is 4.79 Å². The lowest BCUT2D eigenvalue weighted by Crippen LogP contribution is -2.42. The molecule has 308 valence electrons. The molecule has 0 radical (unpaired) electrons. The molecule has 0 bridgehead atoms. The summed E-state index contributed by atoms with van der Waals surface area (Å²) in [5.41, 5.74) is 8.97. The molecule has 3 aliphatic rings. The topological polar surface area (TPSA) is 165 Å². The largest absolute Gasteiger partial charge is 0.453 e. The fourth-order valence-electron chi connectivity index (χ4n) is 8.98. The average Bonchev–Trinajstić information content (AvgIpc) is 4.12. The molecule has 13 nitrogen and oxygen atoms in total. The van der Waals surface area contributed by atoms with Gasteiger partial charge in [-0.05, 0) is 85.5 Å². The fraction of sp³-hybridized carbons (Fsp3) is 0.292. The zero-order valence-electron chi connectivity index (χ0n) is 34.0. The van der Waals surface area contributed by atoms with Crippen LogP contribution >= 0.6 is 0 Å². The molecule has 4 aromatic carbocycles. The third-order valence-corrected chi connectivity index (χ3v) is 11.9. The van der Waals surface area contributed by atoms with E-state index < -0.39 is 18.2 Å². The summed E-state index contributed by atoms with van der Waals surface area (Å²) in [6.45, 7) is 2.58. The molecule has 9 rings (SSSR count). The average molecular weight is 815 g/mol. The van der Waals surface area contributed by atoms with Gasteiger partial charge in [-0.2, -0.15) is 0 Å². The Balaban J connectivity index is 0.908. The van der Waals surface area contributed by atoms with Gasteiger partial charge in [0.05, 0.1) is 35.9 Å². The van der Waals surface area contributed by atoms with Crippen molar-refractivity contribution in [3.05, 3.63) is 142 Å². The molecule has 2 fully saturated rings. The van der Waals surface area contributed by atoms with Crippen molar-refractivity contribution < 1.29 is 23.9 Å². The van der Waals surface area contributed by atoms with Crippen molar-refractivity contribution in [2.75, 3.05) is 20.2 Å². The van der Waals surface area contributed by atoms with E-state index in [2.05, 4.69) is 44.6 Å². The second-order valence-corrected chi connectivity index (χ2v) is 15.8. The van der Waals surface area contributed by atoms with Gasteiger partial charge in [0.25, 0.3) is 5.91 Å². The molecular formula is C48H46N8O5. The number of hydrogen-bond donors (Lipinski definition) is 4. The molecule has 6 aromatic rings. The predicted octanol–water partition coefficient (Wildman–Crippen LogP) is 6.75. The number of aryl methyl sites for hydroxylation is 2. The van der Waals surface area contributed by atoms with Crippen LogP contribution in [0.2, 0.25) is 0 Å². The molecule has 4 amide bonds. The number of ether oxygens (including phenoxy) is 1. The van der Waals surface area contributed by atoms with E-state index in [4.69, 9.17) is 14.7 Å². The van der Waals surface area contributed by atoms with Crippen molar-refractivity contribution in [1.82, 2.24) is 40.4 Å². The first-order valence-corrected chi connectivity index (χ1v) is 20.8. The number of carbonyl (C=O) groups is 4. The second kappa shape index (κ2) is 16.8. The highest BCUT2D eigenvalue weighted by Gasteiger charge is 2.39. The number of nitrogens with zero attached hydrogens (tertiary/aromatic N) is 4. The van der Waals surface area contributed by atoms with Crippen molar-refractivity contribution in [2.45, 2.75) is 69.6 Å². The summed E-state index contributed by atoms with van der Waals surface area (Å²) in [6.07, 6.45) is 4.14. The third-order valence-electron chi connectivity index (χ3n) is 11.9. The molecule has 61 heavy (non-hydrogen) atoms. The summed E-state index contributed by atoms with van der Waals surface area (Å²) < 4.78 is 4.84. The summed E-state index contributed by atoms with van der Waals surface area (Å²) in [6, 6.07) is 28.5. The SMILES string of the molecule is COC(=O)N[C@H](C(=O)N1CCC[C@H]1c1nc2ccc(C#Cc3ccc4c(c3)CCc3[nH]c([C@@H]5CCCN5C(=O)[C@@H](NC(C)=O)c5ccccc5)nc3-4)cc2[nH]1)c1ccccc1. The van der Waals surface area contributed by atoms with E-state index in [0.29, 0.717) is 24.5 Å². The number of rotatable bonds is 8. The van der Waals surface area contributed by atoms with Gasteiger partial charge in [-0.1, -0.05) is 78.6 Å². The van der Waals surface area contributed by atoms with Crippen LogP contribution in [-0.2, 0) is 32.0 Å². The first-order chi connectivity index (χ1) is 29.7. The van der Waals surface area contributed by atoms with Crippen LogP contribution in [0, 0.1) is 11.8 Å². The maximum absolute atomic E-state index is 14.0. The molecule has 4 atom stereocenters. The van der Waals surface area contributed by atoms with Crippen LogP contribution in [0.3, 0.4) is 0 Å². The molecular weight excluding hydrogens is 769 g/mol. The summed E-state index contributed by atoms with van der Waals surface area (Å²) in [7, 11) is 1.28. The molecule has 2 saturated heterocycles. The molecule has 0 saturated carbocycles. The van der Waals surface area contributed by atoms with Gasteiger partial charge in [0.15, 0.2) is 0 Å². The van der Waals surface area contributed by atoms with Gasteiger partial charge in [-0.25, -0.2) is 14.8 Å². The van der Waals surface area contributed by atoms with Gasteiger partial charge < -0.3 is 35.1 Å². The Morgan fingerprint density at radius 3 is 1.93 bits per heavy atom. The van der Waals surface area contributed by atoms with E-state index in [1.54, 1.807) is 4.90 Å². The minimum atomic E-state index is -0.889. The predicted molar refractivity (Wildman–Crippen MR) is 229 cm³/mol. The van der Waals surface area contributed by atoms with Gasteiger partial charge in [0.2, 0.25) is 11.8 Å². The molecule has 0 unspecified atom stereocenters. The first kappa shape index (κ1) is 39.3. The zero-order valence-corrected chi connectivity index (χ0v) is 34.0. The second-order valence-electron chi connectivity index (χ2n) is 15.8. The number of aromatic nitrogens is 4. The lowest BCUT2D eigenvalue weighted by atomic mass is 9.91. The smallest absolute Gasteiger partial charge is 0.407 e. The zero-order chi connectivity index (χ0) is 42.0. The highest BCUT2D eigenvalue weighted by molar-refractivity contribution is 5.89. The molecule has 2 aromatic heterocycles. The number of fused-ring (bicyclic) bond motifs is 4. The molecule has 4 N–H and O–H groups in total.